The zero-order valence-electron chi connectivity index (χ0n) is 12.1. The number of ketones is 1. The maximum absolute atomic E-state index is 12.3. The fraction of sp³-hybridized carbons (Fsp3) is 0.111. The smallest absolute Gasteiger partial charge is 0.255 e. The molecule has 0 aliphatic carbocycles. The Balaban J connectivity index is 1.91. The van der Waals surface area contributed by atoms with Gasteiger partial charge in [0.15, 0.2) is 5.78 Å². The Labute approximate surface area is 137 Å². The summed E-state index contributed by atoms with van der Waals surface area (Å²) >= 11 is 6.18. The molecule has 3 rings (SSSR count). The van der Waals surface area contributed by atoms with Crippen LogP contribution in [0, 0.1) is 0 Å². The summed E-state index contributed by atoms with van der Waals surface area (Å²) in [5.41, 5.74) is 0.905. The van der Waals surface area contributed by atoms with Crippen LogP contribution < -0.4 is 5.56 Å². The third-order valence-corrected chi connectivity index (χ3v) is 4.08. The molecule has 116 valence electrons. The first kappa shape index (κ1) is 15.5. The lowest BCUT2D eigenvalue weighted by atomic mass is 9.98. The van der Waals surface area contributed by atoms with Gasteiger partial charge in [0.2, 0.25) is 0 Å². The predicted octanol–water partition coefficient (Wildman–Crippen LogP) is 3.03. The number of aromatic amines is 1. The standard InChI is InChI=1S/C18H14ClNO3/c19-15-10-14-12(6-7-20-18(14)23)8-13(15)9-16(21)17(22)11-4-2-1-3-5-11/h1-8,10,17,22H,9H2,(H,20,23). The van der Waals surface area contributed by atoms with Crippen LogP contribution in [0.3, 0.4) is 0 Å². The molecule has 2 aromatic carbocycles. The molecule has 3 aromatic rings. The summed E-state index contributed by atoms with van der Waals surface area (Å²) in [4.78, 5) is 26.6. The summed E-state index contributed by atoms with van der Waals surface area (Å²) in [6.45, 7) is 0. The molecule has 0 aliphatic rings. The van der Waals surface area contributed by atoms with Crippen LogP contribution in [0.25, 0.3) is 10.8 Å². The minimum Gasteiger partial charge on any atom is -0.381 e. The number of rotatable bonds is 4. The molecule has 23 heavy (non-hydrogen) atoms. The van der Waals surface area contributed by atoms with Gasteiger partial charge in [-0.15, -0.1) is 0 Å². The maximum atomic E-state index is 12.3. The van der Waals surface area contributed by atoms with Gasteiger partial charge in [-0.2, -0.15) is 0 Å². The number of aliphatic hydroxyl groups is 1. The van der Waals surface area contributed by atoms with Gasteiger partial charge < -0.3 is 10.1 Å². The lowest BCUT2D eigenvalue weighted by molar-refractivity contribution is -0.126. The van der Waals surface area contributed by atoms with Crippen molar-refractivity contribution in [2.24, 2.45) is 0 Å². The molecule has 0 spiro atoms. The predicted molar refractivity (Wildman–Crippen MR) is 89.7 cm³/mol. The fourth-order valence-electron chi connectivity index (χ4n) is 2.50. The maximum Gasteiger partial charge on any atom is 0.255 e. The van der Waals surface area contributed by atoms with Crippen molar-refractivity contribution in [1.29, 1.82) is 0 Å². The van der Waals surface area contributed by atoms with Gasteiger partial charge in [0.05, 0.1) is 0 Å². The first-order chi connectivity index (χ1) is 11.1. The van der Waals surface area contributed by atoms with E-state index < -0.39 is 6.10 Å². The fourth-order valence-corrected chi connectivity index (χ4v) is 2.73. The Morgan fingerprint density at radius 3 is 2.65 bits per heavy atom. The van der Waals surface area contributed by atoms with Gasteiger partial charge in [0.1, 0.15) is 6.10 Å². The van der Waals surface area contributed by atoms with Crippen molar-refractivity contribution >= 4 is 28.2 Å². The van der Waals surface area contributed by atoms with Crippen LogP contribution in [-0.2, 0) is 11.2 Å². The summed E-state index contributed by atoms with van der Waals surface area (Å²) in [6.07, 6.45) is 0.350. The van der Waals surface area contributed by atoms with Gasteiger partial charge in [-0.25, -0.2) is 0 Å². The summed E-state index contributed by atoms with van der Waals surface area (Å²) in [7, 11) is 0. The van der Waals surface area contributed by atoms with Crippen LogP contribution in [-0.4, -0.2) is 15.9 Å². The second kappa shape index (κ2) is 6.36. The number of nitrogens with one attached hydrogen (secondary N) is 1. The van der Waals surface area contributed by atoms with Crippen molar-refractivity contribution in [3.8, 4) is 0 Å². The van der Waals surface area contributed by atoms with Crippen molar-refractivity contribution in [2.75, 3.05) is 0 Å². The van der Waals surface area contributed by atoms with Gasteiger partial charge in [-0.3, -0.25) is 9.59 Å². The molecular formula is C18H14ClNO3. The highest BCUT2D eigenvalue weighted by Crippen LogP contribution is 2.24. The number of fused-ring (bicyclic) bond motifs is 1. The Hall–Kier alpha value is -2.43. The second-order valence-corrected chi connectivity index (χ2v) is 5.70. The largest absolute Gasteiger partial charge is 0.381 e. The van der Waals surface area contributed by atoms with E-state index in [-0.39, 0.29) is 17.8 Å². The number of hydrogen-bond donors (Lipinski definition) is 2. The molecule has 0 saturated heterocycles. The van der Waals surface area contributed by atoms with Crippen LogP contribution in [0.2, 0.25) is 5.02 Å². The molecule has 1 atom stereocenters. The van der Waals surface area contributed by atoms with E-state index in [4.69, 9.17) is 11.6 Å². The number of carbonyl (C=O) groups is 1. The number of halogens is 1. The molecule has 4 nitrogen and oxygen atoms in total. The third kappa shape index (κ3) is 3.18. The van der Waals surface area contributed by atoms with Crippen LogP contribution in [0.4, 0.5) is 0 Å². The Morgan fingerprint density at radius 2 is 1.91 bits per heavy atom. The van der Waals surface area contributed by atoms with E-state index >= 15 is 0 Å². The number of aliphatic hydroxyl groups excluding tert-OH is 1. The zero-order valence-corrected chi connectivity index (χ0v) is 12.9. The van der Waals surface area contributed by atoms with Crippen LogP contribution in [0.15, 0.2) is 59.5 Å². The molecule has 1 aromatic heterocycles. The van der Waals surface area contributed by atoms with Crippen molar-refractivity contribution in [2.45, 2.75) is 12.5 Å². The molecule has 0 aliphatic heterocycles. The molecule has 0 fully saturated rings. The zero-order chi connectivity index (χ0) is 16.4. The van der Waals surface area contributed by atoms with Gasteiger partial charge in [-0.1, -0.05) is 41.9 Å². The highest BCUT2D eigenvalue weighted by Gasteiger charge is 2.19. The molecule has 0 amide bonds. The van der Waals surface area contributed by atoms with Crippen molar-refractivity contribution in [3.05, 3.63) is 81.2 Å². The molecular weight excluding hydrogens is 314 g/mol. The Kier molecular flexibility index (Phi) is 4.28. The first-order valence-electron chi connectivity index (χ1n) is 7.12. The van der Waals surface area contributed by atoms with Crippen LogP contribution in [0.1, 0.15) is 17.2 Å². The van der Waals surface area contributed by atoms with Gasteiger partial charge in [-0.05, 0) is 34.7 Å². The summed E-state index contributed by atoms with van der Waals surface area (Å²) in [5.74, 6) is -0.345. The van der Waals surface area contributed by atoms with E-state index in [1.807, 2.05) is 6.07 Å². The minimum atomic E-state index is -1.19. The van der Waals surface area contributed by atoms with Crippen LogP contribution >= 0.6 is 11.6 Å². The van der Waals surface area contributed by atoms with E-state index in [0.29, 0.717) is 26.9 Å². The van der Waals surface area contributed by atoms with E-state index in [9.17, 15) is 14.7 Å². The van der Waals surface area contributed by atoms with Crippen LogP contribution in [0.5, 0.6) is 0 Å². The second-order valence-electron chi connectivity index (χ2n) is 5.29. The molecule has 0 saturated carbocycles. The number of hydrogen-bond acceptors (Lipinski definition) is 3. The molecule has 0 radical (unpaired) electrons. The van der Waals surface area contributed by atoms with Gasteiger partial charge >= 0.3 is 0 Å². The minimum absolute atomic E-state index is 0.00235. The number of aromatic nitrogens is 1. The van der Waals surface area contributed by atoms with E-state index in [1.165, 1.54) is 0 Å². The number of H-pyrrole nitrogens is 1. The first-order valence-corrected chi connectivity index (χ1v) is 7.49. The normalized spacial score (nSPS) is 12.3. The average molecular weight is 328 g/mol. The summed E-state index contributed by atoms with van der Waals surface area (Å²) in [5, 5.41) is 11.7. The summed E-state index contributed by atoms with van der Waals surface area (Å²) < 4.78 is 0. The number of pyridine rings is 1. The highest BCUT2D eigenvalue weighted by atomic mass is 35.5. The quantitative estimate of drug-likeness (QED) is 0.773. The number of carbonyl (C=O) groups excluding carboxylic acids is 1. The Bertz CT molecular complexity index is 918. The molecule has 2 N–H and O–H groups in total. The molecule has 1 unspecified atom stereocenters. The molecule has 1 heterocycles. The molecule has 0 bridgehead atoms. The SMILES string of the molecule is O=C(Cc1cc2cc[nH]c(=O)c2cc1Cl)C(O)c1ccccc1. The summed E-state index contributed by atoms with van der Waals surface area (Å²) in [6, 6.07) is 13.7. The van der Waals surface area contributed by atoms with Gasteiger partial charge in [0, 0.05) is 23.0 Å². The van der Waals surface area contributed by atoms with E-state index in [0.717, 1.165) is 0 Å². The Morgan fingerprint density at radius 1 is 1.17 bits per heavy atom. The molecule has 5 heteroatoms. The van der Waals surface area contributed by atoms with E-state index in [2.05, 4.69) is 4.98 Å². The van der Waals surface area contributed by atoms with E-state index in [1.54, 1.807) is 48.7 Å². The number of benzene rings is 2. The van der Waals surface area contributed by atoms with Gasteiger partial charge in [0.25, 0.3) is 5.56 Å². The monoisotopic (exact) mass is 327 g/mol. The lowest BCUT2D eigenvalue weighted by Gasteiger charge is -2.11. The average Bonchev–Trinajstić information content (AvgIpc) is 2.56. The topological polar surface area (TPSA) is 70.2 Å². The van der Waals surface area contributed by atoms with Crippen molar-refractivity contribution in [1.82, 2.24) is 4.98 Å². The third-order valence-electron chi connectivity index (χ3n) is 3.73. The van der Waals surface area contributed by atoms with Crippen molar-refractivity contribution < 1.29 is 9.90 Å². The lowest BCUT2D eigenvalue weighted by Crippen LogP contribution is -2.15. The highest BCUT2D eigenvalue weighted by molar-refractivity contribution is 6.32. The van der Waals surface area contributed by atoms with Crippen molar-refractivity contribution in [3.63, 3.8) is 0 Å². The number of Topliss-reactive ketones (excluding diaryl/α,β-unsaturated/α-hetero) is 1.